The van der Waals surface area contributed by atoms with Crippen LogP contribution in [-0.2, 0) is 56.4 Å². The molecule has 9 heterocycles. The van der Waals surface area contributed by atoms with Gasteiger partial charge in [-0.25, -0.2) is 46.5 Å². The summed E-state index contributed by atoms with van der Waals surface area (Å²) in [5, 5.41) is 0. The normalized spacial score (nSPS) is 12.6. The third kappa shape index (κ3) is 5.42. The first-order valence-corrected chi connectivity index (χ1v) is 23.0. The van der Waals surface area contributed by atoms with Crippen LogP contribution in [0.25, 0.3) is 136 Å². The Balaban J connectivity index is 1.25. The molecule has 330 valence electrons. The second kappa shape index (κ2) is 14.4. The van der Waals surface area contributed by atoms with Crippen LogP contribution in [0.15, 0.2) is 121 Å². The van der Waals surface area contributed by atoms with Gasteiger partial charge in [0, 0.05) is 0 Å². The first-order valence-electron chi connectivity index (χ1n) is 23.0. The Morgan fingerprint density at radius 2 is 0.574 bits per heavy atom. The van der Waals surface area contributed by atoms with Crippen LogP contribution in [0.4, 0.5) is 0 Å². The van der Waals surface area contributed by atoms with E-state index < -0.39 is 0 Å². The molecular weight excluding hydrogens is 841 g/mol. The minimum absolute atomic E-state index is 0.831. The number of hydrogen-bond donors (Lipinski definition) is 2. The SMILES string of the molecule is Cn1c(-c2c3nc(c(-c4n(C)c5ccccc5[n+]4C)c4ccc([nH]4)c(-c4n(C)c5ccccc5[n+]4C)c4ccc([nH]4)c(-c4n(C)c5ccccc5[n+]4C)c4nc2C=C4)C=C3)[n+](C)c2ccccc21. The van der Waals surface area contributed by atoms with E-state index in [1.54, 1.807) is 0 Å². The first-order chi connectivity index (χ1) is 33.1. The van der Waals surface area contributed by atoms with Gasteiger partial charge in [-0.15, -0.1) is 0 Å². The summed E-state index contributed by atoms with van der Waals surface area (Å²) in [6.45, 7) is 0. The number of nitrogens with one attached hydrogen (secondary N) is 2. The van der Waals surface area contributed by atoms with E-state index in [0.717, 1.165) is 135 Å². The molecule has 12 nitrogen and oxygen atoms in total. The average Bonchev–Trinajstić information content (AvgIpc) is 4.26. The Hall–Kier alpha value is -8.64. The van der Waals surface area contributed by atoms with E-state index in [4.69, 9.17) is 9.97 Å². The minimum Gasteiger partial charge on any atom is -0.354 e. The second-order valence-corrected chi connectivity index (χ2v) is 18.2. The summed E-state index contributed by atoms with van der Waals surface area (Å²) >= 11 is 0. The number of H-pyrrole nitrogens is 2. The zero-order chi connectivity index (χ0) is 46.3. The lowest BCUT2D eigenvalue weighted by Crippen LogP contribution is -2.30. The van der Waals surface area contributed by atoms with E-state index in [-0.39, 0.29) is 0 Å². The molecule has 0 saturated carbocycles. The van der Waals surface area contributed by atoms with Gasteiger partial charge in [-0.3, -0.25) is 0 Å². The molecule has 12 heteroatoms. The third-order valence-corrected chi connectivity index (χ3v) is 14.6. The first kappa shape index (κ1) is 39.7. The Morgan fingerprint density at radius 1 is 0.324 bits per heavy atom. The number of hydrogen-bond acceptors (Lipinski definition) is 2. The highest BCUT2D eigenvalue weighted by Crippen LogP contribution is 2.39. The van der Waals surface area contributed by atoms with Crippen molar-refractivity contribution in [1.29, 1.82) is 0 Å². The molecular formula is C56H50N12+4. The van der Waals surface area contributed by atoms with Crippen molar-refractivity contribution in [3.05, 3.63) is 144 Å². The Kier molecular flexibility index (Phi) is 8.42. The maximum Gasteiger partial charge on any atom is 0.293 e. The number of aromatic amines is 2. The molecule has 0 saturated heterocycles. The predicted molar refractivity (Wildman–Crippen MR) is 271 cm³/mol. The van der Waals surface area contributed by atoms with Gasteiger partial charge < -0.3 is 9.97 Å². The van der Waals surface area contributed by atoms with Crippen molar-refractivity contribution in [3.8, 4) is 45.6 Å². The van der Waals surface area contributed by atoms with E-state index in [1.165, 1.54) is 0 Å². The molecule has 0 unspecified atom stereocenters. The summed E-state index contributed by atoms with van der Waals surface area (Å²) in [5.74, 6) is 4.10. The quantitative estimate of drug-likeness (QED) is 0.174. The van der Waals surface area contributed by atoms with Gasteiger partial charge in [0.05, 0.1) is 101 Å². The van der Waals surface area contributed by atoms with Gasteiger partial charge in [-0.2, -0.15) is 0 Å². The smallest absolute Gasteiger partial charge is 0.293 e. The molecule has 8 bridgehead atoms. The fourth-order valence-electron chi connectivity index (χ4n) is 11.4. The number of nitrogens with zero attached hydrogens (tertiary/aromatic N) is 10. The van der Waals surface area contributed by atoms with E-state index in [2.05, 4.69) is 249 Å². The van der Waals surface area contributed by atoms with Gasteiger partial charge >= 0.3 is 0 Å². The maximum atomic E-state index is 5.68. The molecule has 2 N–H and O–H groups in total. The predicted octanol–water partition coefficient (Wildman–Crippen LogP) is 8.59. The number of aryl methyl sites for hydroxylation is 8. The lowest BCUT2D eigenvalue weighted by atomic mass is 10.1. The van der Waals surface area contributed by atoms with Gasteiger partial charge in [0.25, 0.3) is 23.3 Å². The van der Waals surface area contributed by atoms with E-state index in [1.807, 2.05) is 0 Å². The van der Waals surface area contributed by atoms with Crippen molar-refractivity contribution in [2.45, 2.75) is 0 Å². The van der Waals surface area contributed by atoms with Gasteiger partial charge in [-0.1, -0.05) is 48.5 Å². The molecule has 7 aromatic heterocycles. The number of benzene rings is 4. The number of imidazole rings is 4. The van der Waals surface area contributed by atoms with Crippen molar-refractivity contribution < 1.29 is 18.3 Å². The molecule has 0 fully saturated rings. The lowest BCUT2D eigenvalue weighted by molar-refractivity contribution is -0.634. The van der Waals surface area contributed by atoms with Crippen molar-refractivity contribution in [2.75, 3.05) is 0 Å². The molecule has 0 aliphatic carbocycles. The molecule has 0 spiro atoms. The second-order valence-electron chi connectivity index (χ2n) is 18.2. The lowest BCUT2D eigenvalue weighted by Gasteiger charge is -2.05. The highest BCUT2D eigenvalue weighted by Gasteiger charge is 2.33. The van der Waals surface area contributed by atoms with Crippen LogP contribution in [0.1, 0.15) is 22.8 Å². The van der Waals surface area contributed by atoms with Crippen LogP contribution in [0, 0.1) is 0 Å². The van der Waals surface area contributed by atoms with Crippen LogP contribution in [0.3, 0.4) is 0 Å². The Bertz CT molecular complexity index is 3910. The van der Waals surface area contributed by atoms with Crippen LogP contribution in [0.5, 0.6) is 0 Å². The molecule has 68 heavy (non-hydrogen) atoms. The molecule has 13 rings (SSSR count). The molecule has 2 aliphatic rings. The third-order valence-electron chi connectivity index (χ3n) is 14.6. The van der Waals surface area contributed by atoms with Crippen molar-refractivity contribution in [3.63, 3.8) is 0 Å². The topological polar surface area (TPSA) is 92.6 Å². The highest BCUT2D eigenvalue weighted by atomic mass is 15.2. The maximum absolute atomic E-state index is 5.68. The summed E-state index contributed by atoms with van der Waals surface area (Å²) in [6.07, 6.45) is 8.68. The number of rotatable bonds is 4. The average molecular weight is 891 g/mol. The summed E-state index contributed by atoms with van der Waals surface area (Å²) in [6, 6.07) is 43.2. The number of aromatic nitrogens is 12. The van der Waals surface area contributed by atoms with E-state index in [9.17, 15) is 0 Å². The summed E-state index contributed by atoms with van der Waals surface area (Å²) in [7, 11) is 17.2. The van der Waals surface area contributed by atoms with Crippen LogP contribution >= 0.6 is 0 Å². The number of fused-ring (bicyclic) bond motifs is 12. The van der Waals surface area contributed by atoms with Gasteiger partial charge in [-0.05, 0) is 97.1 Å². The molecule has 0 amide bonds. The zero-order valence-electron chi connectivity index (χ0n) is 39.3. The van der Waals surface area contributed by atoms with E-state index in [0.29, 0.717) is 0 Å². The highest BCUT2D eigenvalue weighted by molar-refractivity contribution is 5.99. The van der Waals surface area contributed by atoms with Crippen molar-refractivity contribution in [1.82, 2.24) is 38.2 Å². The summed E-state index contributed by atoms with van der Waals surface area (Å²) < 4.78 is 18.3. The summed E-state index contributed by atoms with van der Waals surface area (Å²) in [5.41, 5.74) is 20.2. The molecule has 0 atom stereocenters. The molecule has 11 aromatic rings. The fraction of sp³-hybridized carbons (Fsp3) is 0.143. The fourth-order valence-corrected chi connectivity index (χ4v) is 11.4. The van der Waals surface area contributed by atoms with Gasteiger partial charge in [0.1, 0.15) is 22.3 Å². The standard InChI is InChI=1S/C56H49N12/c1-61-41-17-9-10-18-42(41)62(2)53(61)49-33-25-27-35(57-33)50(54-63(3)43-19-11-12-20-44(43)64(54)4)37-29-31-39(59-37)52(56-67(7)47-23-15-16-24-48(47)68(56)8)40-32-30-38(60-40)51(36-28-26-34(49)58-36)55-65(5)45-21-13-14-22-46(45)66(55)6/h9-32H,1-8H3,(H,57,58,59,60)/q+3/p+1. The zero-order valence-corrected chi connectivity index (χ0v) is 39.3. The molecule has 4 aromatic carbocycles. The Labute approximate surface area is 391 Å². The van der Waals surface area contributed by atoms with Gasteiger partial charge in [0.15, 0.2) is 44.1 Å². The van der Waals surface area contributed by atoms with Crippen molar-refractivity contribution in [2.24, 2.45) is 56.4 Å². The number of para-hydroxylation sites is 8. The summed E-state index contributed by atoms with van der Waals surface area (Å²) in [4.78, 5) is 19.4. The largest absolute Gasteiger partial charge is 0.354 e. The van der Waals surface area contributed by atoms with Crippen molar-refractivity contribution >= 4 is 90.5 Å². The molecule has 0 radical (unpaired) electrons. The van der Waals surface area contributed by atoms with Crippen LogP contribution < -0.4 is 18.3 Å². The van der Waals surface area contributed by atoms with E-state index >= 15 is 0 Å². The van der Waals surface area contributed by atoms with Crippen LogP contribution in [0.2, 0.25) is 0 Å². The Morgan fingerprint density at radius 3 is 0.882 bits per heavy atom. The monoisotopic (exact) mass is 890 g/mol. The van der Waals surface area contributed by atoms with Crippen LogP contribution in [-0.4, -0.2) is 38.2 Å². The minimum atomic E-state index is 0.831. The van der Waals surface area contributed by atoms with Gasteiger partial charge in [0.2, 0.25) is 0 Å². The molecule has 2 aliphatic heterocycles.